The van der Waals surface area contributed by atoms with Crippen molar-refractivity contribution < 1.29 is 9.59 Å². The summed E-state index contributed by atoms with van der Waals surface area (Å²) in [5, 5.41) is 0. The Bertz CT molecular complexity index is 496. The maximum atomic E-state index is 12.1. The topological polar surface area (TPSA) is 34.1 Å². The lowest BCUT2D eigenvalue weighted by Gasteiger charge is -2.55. The molecule has 4 fully saturated rings. The summed E-state index contributed by atoms with van der Waals surface area (Å²) >= 11 is 0. The normalized spacial score (nSPS) is 50.9. The van der Waals surface area contributed by atoms with Gasteiger partial charge < -0.3 is 0 Å². The lowest BCUT2D eigenvalue weighted by molar-refractivity contribution is -0.132. The number of ketones is 2. The second-order valence-corrected chi connectivity index (χ2v) is 9.00. The maximum absolute atomic E-state index is 12.1. The van der Waals surface area contributed by atoms with Crippen molar-refractivity contribution in [2.24, 2.45) is 40.9 Å². The molecule has 0 heterocycles. The van der Waals surface area contributed by atoms with Crippen LogP contribution in [0.15, 0.2) is 0 Å². The molecule has 0 aromatic carbocycles. The summed E-state index contributed by atoms with van der Waals surface area (Å²) in [6.45, 7) is 4.23. The zero-order valence-corrected chi connectivity index (χ0v) is 14.1. The third-order valence-electron chi connectivity index (χ3n) is 8.26. The molecule has 2 nitrogen and oxygen atoms in total. The van der Waals surface area contributed by atoms with E-state index < -0.39 is 0 Å². The number of carbonyl (C=O) groups is 2. The molecule has 0 amide bonds. The van der Waals surface area contributed by atoms with Gasteiger partial charge in [0.2, 0.25) is 0 Å². The van der Waals surface area contributed by atoms with Crippen molar-refractivity contribution >= 4 is 11.6 Å². The first kappa shape index (κ1) is 14.9. The second-order valence-electron chi connectivity index (χ2n) is 9.00. The minimum atomic E-state index is 0.282. The summed E-state index contributed by atoms with van der Waals surface area (Å²) in [5.41, 5.74) is 0.282. The van der Waals surface area contributed by atoms with Crippen LogP contribution in [0.3, 0.4) is 0 Å². The van der Waals surface area contributed by atoms with E-state index in [4.69, 9.17) is 0 Å². The monoisotopic (exact) mass is 302 g/mol. The van der Waals surface area contributed by atoms with Crippen LogP contribution in [0.25, 0.3) is 0 Å². The lowest BCUT2D eigenvalue weighted by atomic mass is 9.49. The largest absolute Gasteiger partial charge is 0.300 e. The average molecular weight is 302 g/mol. The van der Waals surface area contributed by atoms with E-state index in [0.29, 0.717) is 23.4 Å². The van der Waals surface area contributed by atoms with E-state index in [0.717, 1.165) is 49.4 Å². The first-order valence-electron chi connectivity index (χ1n) is 9.53. The molecule has 0 aromatic rings. The van der Waals surface area contributed by atoms with Crippen LogP contribution in [0.4, 0.5) is 0 Å². The molecule has 122 valence electrons. The molecular formula is C20H30O2. The van der Waals surface area contributed by atoms with Crippen molar-refractivity contribution in [3.8, 4) is 0 Å². The maximum Gasteiger partial charge on any atom is 0.133 e. The number of hydrogen-bond donors (Lipinski definition) is 0. The smallest absolute Gasteiger partial charge is 0.133 e. The van der Waals surface area contributed by atoms with E-state index in [2.05, 4.69) is 6.92 Å². The molecule has 4 saturated carbocycles. The van der Waals surface area contributed by atoms with Gasteiger partial charge in [0.1, 0.15) is 11.6 Å². The van der Waals surface area contributed by atoms with Crippen LogP contribution < -0.4 is 0 Å². The van der Waals surface area contributed by atoms with Crippen LogP contribution in [0.5, 0.6) is 0 Å². The summed E-state index contributed by atoms with van der Waals surface area (Å²) in [4.78, 5) is 23.9. The van der Waals surface area contributed by atoms with Gasteiger partial charge in [0.15, 0.2) is 0 Å². The first-order valence-corrected chi connectivity index (χ1v) is 9.53. The molecule has 0 N–H and O–H groups in total. The molecule has 22 heavy (non-hydrogen) atoms. The summed E-state index contributed by atoms with van der Waals surface area (Å²) in [6.07, 6.45) is 10.4. The number of rotatable bonds is 1. The summed E-state index contributed by atoms with van der Waals surface area (Å²) in [7, 11) is 0. The summed E-state index contributed by atoms with van der Waals surface area (Å²) in [5.74, 6) is 5.25. The molecule has 0 aliphatic heterocycles. The average Bonchev–Trinajstić information content (AvgIpc) is 2.84. The van der Waals surface area contributed by atoms with E-state index >= 15 is 0 Å². The quantitative estimate of drug-likeness (QED) is 0.719. The van der Waals surface area contributed by atoms with Gasteiger partial charge in [-0.25, -0.2) is 0 Å². The predicted octanol–water partition coefficient (Wildman–Crippen LogP) is 4.41. The van der Waals surface area contributed by atoms with Crippen LogP contribution >= 0.6 is 0 Å². The highest BCUT2D eigenvalue weighted by Crippen LogP contribution is 2.64. The molecule has 0 radical (unpaired) electrons. The molecule has 0 saturated heterocycles. The van der Waals surface area contributed by atoms with Gasteiger partial charge in [0, 0.05) is 18.8 Å². The van der Waals surface area contributed by atoms with Crippen molar-refractivity contribution in [1.82, 2.24) is 0 Å². The van der Waals surface area contributed by atoms with Gasteiger partial charge in [0.05, 0.1) is 0 Å². The third-order valence-corrected chi connectivity index (χ3v) is 8.26. The highest BCUT2D eigenvalue weighted by molar-refractivity contribution is 5.80. The fourth-order valence-electron chi connectivity index (χ4n) is 7.33. The fraction of sp³-hybridized carbons (Fsp3) is 0.900. The van der Waals surface area contributed by atoms with Crippen LogP contribution in [0, 0.1) is 40.9 Å². The Morgan fingerprint density at radius 3 is 2.59 bits per heavy atom. The Morgan fingerprint density at radius 2 is 1.82 bits per heavy atom. The van der Waals surface area contributed by atoms with Crippen LogP contribution in [0.2, 0.25) is 0 Å². The third kappa shape index (κ3) is 2.05. The van der Waals surface area contributed by atoms with Crippen LogP contribution in [0.1, 0.15) is 71.6 Å². The molecule has 4 rings (SSSR count). The number of fused-ring (bicyclic) bond motifs is 5. The summed E-state index contributed by atoms with van der Waals surface area (Å²) in [6, 6.07) is 0. The van der Waals surface area contributed by atoms with E-state index in [1.54, 1.807) is 0 Å². The van der Waals surface area contributed by atoms with Crippen molar-refractivity contribution in [3.63, 3.8) is 0 Å². The van der Waals surface area contributed by atoms with Crippen molar-refractivity contribution in [2.75, 3.05) is 0 Å². The van der Waals surface area contributed by atoms with E-state index in [1.165, 1.54) is 32.1 Å². The Hall–Kier alpha value is -0.660. The van der Waals surface area contributed by atoms with Crippen LogP contribution in [-0.4, -0.2) is 11.6 Å². The van der Waals surface area contributed by atoms with Gasteiger partial charge in [-0.1, -0.05) is 6.92 Å². The zero-order chi connectivity index (χ0) is 15.5. The van der Waals surface area contributed by atoms with E-state index in [9.17, 15) is 9.59 Å². The SMILES string of the molecule is CC(=O)[C@H]1CC[C@H]2[C@@H]3CC[C@H]4CC(=O)CCC4[C@H]3CC[C@]12C. The first-order chi connectivity index (χ1) is 10.5. The molecule has 1 unspecified atom stereocenters. The molecule has 0 bridgehead atoms. The Morgan fingerprint density at radius 1 is 1.00 bits per heavy atom. The van der Waals surface area contributed by atoms with Crippen molar-refractivity contribution in [1.29, 1.82) is 0 Å². The molecule has 0 aromatic heterocycles. The molecular weight excluding hydrogens is 272 g/mol. The van der Waals surface area contributed by atoms with Crippen molar-refractivity contribution in [2.45, 2.75) is 71.6 Å². The molecule has 7 atom stereocenters. The molecule has 4 aliphatic rings. The molecule has 2 heteroatoms. The highest BCUT2D eigenvalue weighted by Gasteiger charge is 2.57. The number of hydrogen-bond acceptors (Lipinski definition) is 2. The number of Topliss-reactive ketones (excluding diaryl/α,β-unsaturated/α-hetero) is 2. The Kier molecular flexibility index (Phi) is 3.51. The van der Waals surface area contributed by atoms with Crippen LogP contribution in [-0.2, 0) is 9.59 Å². The number of carbonyl (C=O) groups excluding carboxylic acids is 2. The molecule has 0 spiro atoms. The van der Waals surface area contributed by atoms with Gasteiger partial charge in [0.25, 0.3) is 0 Å². The zero-order valence-electron chi connectivity index (χ0n) is 14.1. The van der Waals surface area contributed by atoms with Gasteiger partial charge in [-0.15, -0.1) is 0 Å². The van der Waals surface area contributed by atoms with Crippen molar-refractivity contribution in [3.05, 3.63) is 0 Å². The highest BCUT2D eigenvalue weighted by atomic mass is 16.1. The fourth-order valence-corrected chi connectivity index (χ4v) is 7.33. The predicted molar refractivity (Wildman–Crippen MR) is 86.3 cm³/mol. The lowest BCUT2D eigenvalue weighted by Crippen LogP contribution is -2.49. The molecule has 4 aliphatic carbocycles. The second kappa shape index (κ2) is 5.18. The van der Waals surface area contributed by atoms with Gasteiger partial charge in [-0.05, 0) is 86.9 Å². The van der Waals surface area contributed by atoms with Gasteiger partial charge >= 0.3 is 0 Å². The summed E-state index contributed by atoms with van der Waals surface area (Å²) < 4.78 is 0. The van der Waals surface area contributed by atoms with Gasteiger partial charge in [-0.2, -0.15) is 0 Å². The minimum Gasteiger partial charge on any atom is -0.300 e. The van der Waals surface area contributed by atoms with Gasteiger partial charge in [-0.3, -0.25) is 9.59 Å². The standard InChI is InChI=1S/C20H30O2/c1-12(21)18-7-8-19-17-5-3-13-11-14(22)4-6-15(13)16(17)9-10-20(18,19)2/h13,15-19H,3-11H2,1-2H3/t13-,15?,16+,17+,18+,19-,20+/m0/s1. The van der Waals surface area contributed by atoms with E-state index in [-0.39, 0.29) is 5.41 Å². The van der Waals surface area contributed by atoms with E-state index in [1.807, 2.05) is 6.92 Å². The Labute approximate surface area is 134 Å². The Balaban J connectivity index is 1.58. The minimum absolute atomic E-state index is 0.282.